The van der Waals surface area contributed by atoms with Gasteiger partial charge in [0, 0.05) is 40.5 Å². The number of amides is 1. The molecule has 0 bridgehead atoms. The minimum Gasteiger partial charge on any atom is -0.418 e. The molecule has 0 unspecified atom stereocenters. The van der Waals surface area contributed by atoms with Gasteiger partial charge >= 0.3 is 0 Å². The first-order valence-electron chi connectivity index (χ1n) is 12.3. The lowest BCUT2D eigenvalue weighted by Gasteiger charge is -2.36. The molecule has 3 N–H and O–H groups in total. The molecule has 0 spiro atoms. The fourth-order valence-electron chi connectivity index (χ4n) is 4.70. The van der Waals surface area contributed by atoms with Crippen LogP contribution in [0.25, 0.3) is 21.5 Å². The maximum Gasteiger partial charge on any atom is 0.251 e. The van der Waals surface area contributed by atoms with Crippen LogP contribution in [-0.4, -0.2) is 34.2 Å². The Morgan fingerprint density at radius 2 is 1.89 bits per heavy atom. The van der Waals surface area contributed by atoms with E-state index in [0.29, 0.717) is 23.9 Å². The van der Waals surface area contributed by atoms with E-state index in [1.54, 1.807) is 23.7 Å². The number of pyridine rings is 1. The Morgan fingerprint density at radius 1 is 1.03 bits per heavy atom. The highest BCUT2D eigenvalue weighted by Gasteiger charge is 2.39. The minimum atomic E-state index is -0.533. The summed E-state index contributed by atoms with van der Waals surface area (Å²) in [5.41, 5.74) is 2.79. The number of nitrogens with zero attached hydrogens (tertiary/aromatic N) is 3. The number of nitrogens with one attached hydrogen (secondary N) is 3. The van der Waals surface area contributed by atoms with Gasteiger partial charge in [0.15, 0.2) is 0 Å². The van der Waals surface area contributed by atoms with Gasteiger partial charge in [-0.2, -0.15) is 0 Å². The van der Waals surface area contributed by atoms with Crippen molar-refractivity contribution in [3.63, 3.8) is 0 Å². The molecular weight excluding hydrogens is 484 g/mol. The molecule has 9 heteroatoms. The number of rotatable bonds is 7. The van der Waals surface area contributed by atoms with Crippen molar-refractivity contribution in [2.45, 2.75) is 24.9 Å². The van der Waals surface area contributed by atoms with Gasteiger partial charge in [0.2, 0.25) is 11.8 Å². The highest BCUT2D eigenvalue weighted by Crippen LogP contribution is 2.35. The third-order valence-electron chi connectivity index (χ3n) is 6.70. The molecule has 0 aliphatic carbocycles. The van der Waals surface area contributed by atoms with Crippen molar-refractivity contribution in [2.75, 3.05) is 18.4 Å². The van der Waals surface area contributed by atoms with Gasteiger partial charge < -0.3 is 20.4 Å². The van der Waals surface area contributed by atoms with E-state index in [1.807, 2.05) is 36.4 Å². The SMILES string of the molecule is O=C(NCc1ccc2sccc2c1)c1cccc(NC2(c3nnc(-c4ccncc4)o3)CCNCC2)c1. The van der Waals surface area contributed by atoms with Crippen LogP contribution >= 0.6 is 11.3 Å². The van der Waals surface area contributed by atoms with Crippen LogP contribution in [0.3, 0.4) is 0 Å². The maximum absolute atomic E-state index is 13.0. The average Bonchev–Trinajstić information content (AvgIpc) is 3.63. The summed E-state index contributed by atoms with van der Waals surface area (Å²) < 4.78 is 7.40. The van der Waals surface area contributed by atoms with E-state index in [-0.39, 0.29) is 5.91 Å². The normalized spacial score (nSPS) is 14.9. The minimum absolute atomic E-state index is 0.119. The van der Waals surface area contributed by atoms with Crippen LogP contribution < -0.4 is 16.0 Å². The van der Waals surface area contributed by atoms with E-state index in [2.05, 4.69) is 60.8 Å². The second-order valence-corrected chi connectivity index (χ2v) is 10.1. The number of fused-ring (bicyclic) bond motifs is 1. The van der Waals surface area contributed by atoms with Gasteiger partial charge in [0.25, 0.3) is 5.91 Å². The van der Waals surface area contributed by atoms with Crippen molar-refractivity contribution >= 4 is 33.0 Å². The Bertz CT molecular complexity index is 1520. The Balaban J connectivity index is 1.20. The van der Waals surface area contributed by atoms with Gasteiger partial charge in [-0.25, -0.2) is 0 Å². The quantitative estimate of drug-likeness (QED) is 0.284. The topological polar surface area (TPSA) is 105 Å². The number of benzene rings is 2. The molecule has 0 radical (unpaired) electrons. The fourth-order valence-corrected chi connectivity index (χ4v) is 5.47. The van der Waals surface area contributed by atoms with Crippen molar-refractivity contribution in [3.8, 4) is 11.5 Å². The lowest BCUT2D eigenvalue weighted by Crippen LogP contribution is -2.45. The van der Waals surface area contributed by atoms with Gasteiger partial charge in [-0.1, -0.05) is 12.1 Å². The van der Waals surface area contributed by atoms with Crippen molar-refractivity contribution < 1.29 is 9.21 Å². The zero-order chi connectivity index (χ0) is 25.1. The van der Waals surface area contributed by atoms with E-state index in [1.165, 1.54) is 10.1 Å². The van der Waals surface area contributed by atoms with Crippen LogP contribution in [0, 0.1) is 0 Å². The Kier molecular flexibility index (Phi) is 6.38. The molecule has 186 valence electrons. The second kappa shape index (κ2) is 10.1. The molecule has 8 nitrogen and oxygen atoms in total. The molecule has 1 saturated heterocycles. The molecule has 1 amide bonds. The monoisotopic (exact) mass is 510 g/mol. The molecule has 0 saturated carbocycles. The van der Waals surface area contributed by atoms with Crippen LogP contribution in [0.4, 0.5) is 5.69 Å². The van der Waals surface area contributed by atoms with Crippen molar-refractivity contribution in [3.05, 3.63) is 95.5 Å². The average molecular weight is 511 g/mol. The molecular formula is C28H26N6O2S. The second-order valence-electron chi connectivity index (χ2n) is 9.16. The Morgan fingerprint density at radius 3 is 2.76 bits per heavy atom. The zero-order valence-corrected chi connectivity index (χ0v) is 20.9. The summed E-state index contributed by atoms with van der Waals surface area (Å²) in [6.45, 7) is 2.10. The van der Waals surface area contributed by atoms with Crippen LogP contribution in [0.5, 0.6) is 0 Å². The summed E-state index contributed by atoms with van der Waals surface area (Å²) in [4.78, 5) is 17.1. The van der Waals surface area contributed by atoms with Gasteiger partial charge in [-0.3, -0.25) is 9.78 Å². The first-order chi connectivity index (χ1) is 18.2. The summed E-state index contributed by atoms with van der Waals surface area (Å²) in [6, 6.07) is 19.6. The first kappa shape index (κ1) is 23.3. The highest BCUT2D eigenvalue weighted by molar-refractivity contribution is 7.17. The van der Waals surface area contributed by atoms with E-state index in [9.17, 15) is 4.79 Å². The third kappa shape index (κ3) is 4.96. The number of hydrogen-bond acceptors (Lipinski definition) is 8. The fraction of sp³-hybridized carbons (Fsp3) is 0.214. The van der Waals surface area contributed by atoms with Crippen LogP contribution in [0.15, 0.2) is 82.9 Å². The number of hydrogen-bond donors (Lipinski definition) is 3. The number of aromatic nitrogens is 3. The predicted molar refractivity (Wildman–Crippen MR) is 144 cm³/mol. The predicted octanol–water partition coefficient (Wildman–Crippen LogP) is 4.97. The van der Waals surface area contributed by atoms with Gasteiger partial charge in [-0.05, 0) is 90.8 Å². The van der Waals surface area contributed by atoms with Gasteiger partial charge in [-0.15, -0.1) is 21.5 Å². The van der Waals surface area contributed by atoms with Crippen molar-refractivity contribution in [1.29, 1.82) is 0 Å². The molecule has 4 heterocycles. The largest absolute Gasteiger partial charge is 0.418 e. The molecule has 6 rings (SSSR count). The molecule has 0 atom stereocenters. The lowest BCUT2D eigenvalue weighted by atomic mass is 9.87. The summed E-state index contributed by atoms with van der Waals surface area (Å²) in [5.74, 6) is 0.886. The molecule has 37 heavy (non-hydrogen) atoms. The number of carbonyl (C=O) groups is 1. The Hall–Kier alpha value is -4.08. The van der Waals surface area contributed by atoms with E-state index in [4.69, 9.17) is 4.42 Å². The van der Waals surface area contributed by atoms with E-state index >= 15 is 0 Å². The summed E-state index contributed by atoms with van der Waals surface area (Å²) in [5, 5.41) is 22.1. The third-order valence-corrected chi connectivity index (χ3v) is 7.59. The Labute approximate surface area is 218 Å². The van der Waals surface area contributed by atoms with E-state index < -0.39 is 5.54 Å². The molecule has 5 aromatic rings. The number of anilines is 1. The van der Waals surface area contributed by atoms with Crippen molar-refractivity contribution in [1.82, 2.24) is 25.8 Å². The first-order valence-corrected chi connectivity index (χ1v) is 13.1. The molecule has 2 aromatic carbocycles. The molecule has 1 fully saturated rings. The number of piperidine rings is 1. The smallest absolute Gasteiger partial charge is 0.251 e. The maximum atomic E-state index is 13.0. The van der Waals surface area contributed by atoms with Gasteiger partial charge in [0.1, 0.15) is 5.54 Å². The zero-order valence-electron chi connectivity index (χ0n) is 20.1. The van der Waals surface area contributed by atoms with Crippen LogP contribution in [0.2, 0.25) is 0 Å². The summed E-state index contributed by atoms with van der Waals surface area (Å²) in [7, 11) is 0. The standard InChI is InChI=1S/C28H26N6O2S/c35-25(31-18-19-4-5-24-21(16-19)8-15-37-24)22-2-1-3-23(17-22)32-28(9-13-30-14-10-28)27-34-33-26(36-27)20-6-11-29-12-7-20/h1-8,11-12,15-17,30,32H,9-10,13-14,18H2,(H,31,35). The summed E-state index contributed by atoms with van der Waals surface area (Å²) >= 11 is 1.72. The van der Waals surface area contributed by atoms with Crippen LogP contribution in [0.1, 0.15) is 34.7 Å². The van der Waals surface area contributed by atoms with Crippen molar-refractivity contribution in [2.24, 2.45) is 0 Å². The van der Waals surface area contributed by atoms with Gasteiger partial charge in [0.05, 0.1) is 0 Å². The molecule has 1 aliphatic heterocycles. The molecule has 3 aromatic heterocycles. The highest BCUT2D eigenvalue weighted by atomic mass is 32.1. The lowest BCUT2D eigenvalue weighted by molar-refractivity contribution is 0.0951. The number of thiophene rings is 1. The molecule has 1 aliphatic rings. The van der Waals surface area contributed by atoms with Crippen LogP contribution in [-0.2, 0) is 12.1 Å². The van der Waals surface area contributed by atoms with E-state index in [0.717, 1.165) is 42.7 Å². The number of carbonyl (C=O) groups excluding carboxylic acids is 1. The summed E-state index contributed by atoms with van der Waals surface area (Å²) in [6.07, 6.45) is 4.95.